The van der Waals surface area contributed by atoms with Crippen LogP contribution in [-0.2, 0) is 13.1 Å². The van der Waals surface area contributed by atoms with Gasteiger partial charge in [-0.05, 0) is 43.2 Å². The van der Waals surface area contributed by atoms with Gasteiger partial charge in [-0.25, -0.2) is 9.78 Å². The van der Waals surface area contributed by atoms with Crippen LogP contribution >= 0.6 is 0 Å². The Morgan fingerprint density at radius 1 is 1.18 bits per heavy atom. The fourth-order valence-corrected chi connectivity index (χ4v) is 5.21. The first kappa shape index (κ1) is 21.4. The predicted molar refractivity (Wildman–Crippen MR) is 127 cm³/mol. The summed E-state index contributed by atoms with van der Waals surface area (Å²) in [5, 5.41) is 3.14. The number of H-pyrrole nitrogens is 1. The van der Waals surface area contributed by atoms with Gasteiger partial charge in [0.1, 0.15) is 5.69 Å². The van der Waals surface area contributed by atoms with Crippen molar-refractivity contribution in [3.63, 3.8) is 0 Å². The molecular formula is C24H28N6O3. The van der Waals surface area contributed by atoms with Crippen molar-refractivity contribution in [2.45, 2.75) is 26.4 Å². The lowest BCUT2D eigenvalue weighted by Gasteiger charge is -2.48. The van der Waals surface area contributed by atoms with E-state index < -0.39 is 0 Å². The summed E-state index contributed by atoms with van der Waals surface area (Å²) in [5.41, 5.74) is 2.84. The van der Waals surface area contributed by atoms with E-state index in [9.17, 15) is 14.4 Å². The van der Waals surface area contributed by atoms with Gasteiger partial charge in [0, 0.05) is 51.7 Å². The average Bonchev–Trinajstić information content (AvgIpc) is 3.24. The Bertz CT molecular complexity index is 1320. The average molecular weight is 449 g/mol. The highest BCUT2D eigenvalue weighted by Crippen LogP contribution is 2.41. The number of likely N-dealkylation sites (tertiary alicyclic amines) is 1. The van der Waals surface area contributed by atoms with Crippen molar-refractivity contribution in [3.8, 4) is 0 Å². The number of aromatic amines is 1. The van der Waals surface area contributed by atoms with E-state index in [2.05, 4.69) is 25.1 Å². The van der Waals surface area contributed by atoms with Crippen LogP contribution < -0.4 is 21.5 Å². The lowest BCUT2D eigenvalue weighted by molar-refractivity contribution is 0.0117. The van der Waals surface area contributed by atoms with Crippen LogP contribution in [0.5, 0.6) is 0 Å². The van der Waals surface area contributed by atoms with Gasteiger partial charge in [0.2, 0.25) is 0 Å². The Morgan fingerprint density at radius 2 is 2.00 bits per heavy atom. The Labute approximate surface area is 191 Å². The van der Waals surface area contributed by atoms with Gasteiger partial charge in [-0.1, -0.05) is 6.07 Å². The Kier molecular flexibility index (Phi) is 5.28. The number of carbonyl (C=O) groups excluding carboxylic acids is 1. The lowest BCUT2D eigenvalue weighted by Crippen LogP contribution is -2.56. The summed E-state index contributed by atoms with van der Waals surface area (Å²) in [6.45, 7) is 6.92. The predicted octanol–water partition coefficient (Wildman–Crippen LogP) is 1.18. The molecule has 4 heterocycles. The first-order valence-electron chi connectivity index (χ1n) is 11.3. The van der Waals surface area contributed by atoms with Crippen LogP contribution in [0.4, 0.5) is 5.69 Å². The molecule has 1 aromatic carbocycles. The van der Waals surface area contributed by atoms with E-state index in [4.69, 9.17) is 0 Å². The van der Waals surface area contributed by atoms with Gasteiger partial charge in [0.25, 0.3) is 11.5 Å². The minimum absolute atomic E-state index is 0.178. The second-order valence-electron chi connectivity index (χ2n) is 9.16. The van der Waals surface area contributed by atoms with Crippen molar-refractivity contribution < 1.29 is 4.79 Å². The summed E-state index contributed by atoms with van der Waals surface area (Å²) in [5.74, 6) is -0.178. The van der Waals surface area contributed by atoms with E-state index >= 15 is 0 Å². The van der Waals surface area contributed by atoms with E-state index in [1.165, 1.54) is 4.57 Å². The van der Waals surface area contributed by atoms with Crippen molar-refractivity contribution in [2.75, 3.05) is 38.1 Å². The van der Waals surface area contributed by atoms with E-state index in [0.29, 0.717) is 23.1 Å². The number of nitrogens with one attached hydrogen (secondary N) is 2. The molecule has 172 valence electrons. The highest BCUT2D eigenvalue weighted by atomic mass is 16.2. The molecule has 0 saturated carbocycles. The summed E-state index contributed by atoms with van der Waals surface area (Å²) in [7, 11) is 1.60. The number of fused-ring (bicyclic) bond motifs is 1. The molecule has 9 heteroatoms. The fraction of sp³-hybridized carbons (Fsp3) is 0.417. The Balaban J connectivity index is 1.23. The Morgan fingerprint density at radius 3 is 2.70 bits per heavy atom. The number of rotatable bonds is 5. The number of hydrogen-bond acceptors (Lipinski definition) is 6. The van der Waals surface area contributed by atoms with Crippen LogP contribution in [-0.4, -0.2) is 58.6 Å². The highest BCUT2D eigenvalue weighted by molar-refractivity contribution is 5.92. The van der Waals surface area contributed by atoms with Crippen LogP contribution in [0.25, 0.3) is 10.9 Å². The maximum atomic E-state index is 12.5. The normalized spacial score (nSPS) is 17.5. The van der Waals surface area contributed by atoms with Crippen molar-refractivity contribution in [1.29, 1.82) is 0 Å². The molecule has 9 nitrogen and oxygen atoms in total. The molecule has 2 aromatic heterocycles. The zero-order chi connectivity index (χ0) is 23.2. The zero-order valence-corrected chi connectivity index (χ0v) is 18.9. The SMILES string of the molecule is CCn1c(=O)[nH]c2cc(CN3CC4(CCN(c5ccc(C(=O)NC)nc5)C4)C3)ccc2c1=O. The number of anilines is 1. The summed E-state index contributed by atoms with van der Waals surface area (Å²) in [4.78, 5) is 48.2. The van der Waals surface area contributed by atoms with E-state index in [1.54, 1.807) is 26.2 Å². The van der Waals surface area contributed by atoms with Crippen molar-refractivity contribution >= 4 is 22.5 Å². The molecule has 2 aliphatic rings. The van der Waals surface area contributed by atoms with Crippen LogP contribution in [0.2, 0.25) is 0 Å². The highest BCUT2D eigenvalue weighted by Gasteiger charge is 2.47. The molecule has 0 bridgehead atoms. The number of pyridine rings is 1. The van der Waals surface area contributed by atoms with E-state index in [-0.39, 0.29) is 22.6 Å². The zero-order valence-electron chi connectivity index (χ0n) is 18.9. The molecule has 0 atom stereocenters. The standard InChI is InChI=1S/C24H28N6O3/c1-3-30-22(32)18-6-4-16(10-20(18)27-23(30)33)12-28-13-24(14-28)8-9-29(15-24)17-5-7-19(26-11-17)21(31)25-2/h4-7,10-11H,3,8-9,12-15H2,1-2H3,(H,25,31)(H,27,33). The molecule has 2 saturated heterocycles. The van der Waals surface area contributed by atoms with Gasteiger partial charge in [-0.2, -0.15) is 0 Å². The van der Waals surface area contributed by atoms with Crippen LogP contribution in [0, 0.1) is 5.41 Å². The number of nitrogens with zero attached hydrogens (tertiary/aromatic N) is 4. The fourth-order valence-electron chi connectivity index (χ4n) is 5.21. The van der Waals surface area contributed by atoms with Gasteiger partial charge in [0.15, 0.2) is 0 Å². The van der Waals surface area contributed by atoms with Gasteiger partial charge in [-0.3, -0.25) is 19.1 Å². The minimum atomic E-state index is -0.362. The van der Waals surface area contributed by atoms with E-state index in [1.807, 2.05) is 24.3 Å². The molecule has 0 unspecified atom stereocenters. The monoisotopic (exact) mass is 448 g/mol. The second-order valence-corrected chi connectivity index (χ2v) is 9.16. The van der Waals surface area contributed by atoms with Crippen molar-refractivity contribution in [1.82, 2.24) is 24.8 Å². The molecule has 0 radical (unpaired) electrons. The largest absolute Gasteiger partial charge is 0.370 e. The molecule has 1 spiro atoms. The van der Waals surface area contributed by atoms with Crippen molar-refractivity contribution in [3.05, 3.63) is 68.6 Å². The number of amides is 1. The summed E-state index contributed by atoms with van der Waals surface area (Å²) in [6.07, 6.45) is 2.91. The first-order chi connectivity index (χ1) is 15.9. The third-order valence-corrected chi connectivity index (χ3v) is 6.90. The second kappa shape index (κ2) is 8.15. The minimum Gasteiger partial charge on any atom is -0.370 e. The van der Waals surface area contributed by atoms with E-state index in [0.717, 1.165) is 50.4 Å². The summed E-state index contributed by atoms with van der Waals surface area (Å²) in [6, 6.07) is 9.45. The smallest absolute Gasteiger partial charge is 0.328 e. The Hall–Kier alpha value is -3.46. The topological polar surface area (TPSA) is 103 Å². The molecule has 33 heavy (non-hydrogen) atoms. The molecular weight excluding hydrogens is 420 g/mol. The van der Waals surface area contributed by atoms with Gasteiger partial charge in [0.05, 0.1) is 22.8 Å². The number of benzene rings is 1. The van der Waals surface area contributed by atoms with Crippen LogP contribution in [0.3, 0.4) is 0 Å². The van der Waals surface area contributed by atoms with Gasteiger partial charge >= 0.3 is 5.69 Å². The summed E-state index contributed by atoms with van der Waals surface area (Å²) >= 11 is 0. The molecule has 3 aromatic rings. The quantitative estimate of drug-likeness (QED) is 0.608. The maximum Gasteiger partial charge on any atom is 0.328 e. The number of aromatic nitrogens is 3. The van der Waals surface area contributed by atoms with Crippen molar-refractivity contribution in [2.24, 2.45) is 5.41 Å². The lowest BCUT2D eigenvalue weighted by atomic mass is 9.79. The van der Waals surface area contributed by atoms with Crippen LogP contribution in [0.1, 0.15) is 29.4 Å². The molecule has 2 aliphatic heterocycles. The molecule has 2 N–H and O–H groups in total. The number of hydrogen-bond donors (Lipinski definition) is 2. The third-order valence-electron chi connectivity index (χ3n) is 6.90. The van der Waals surface area contributed by atoms with Gasteiger partial charge < -0.3 is 15.2 Å². The van der Waals surface area contributed by atoms with Crippen LogP contribution in [0.15, 0.2) is 46.1 Å². The first-order valence-corrected chi connectivity index (χ1v) is 11.3. The third kappa shape index (κ3) is 3.82. The van der Waals surface area contributed by atoms with Gasteiger partial charge in [-0.15, -0.1) is 0 Å². The number of carbonyl (C=O) groups is 1. The molecule has 1 amide bonds. The molecule has 2 fully saturated rings. The maximum absolute atomic E-state index is 12.5. The summed E-state index contributed by atoms with van der Waals surface area (Å²) < 4.78 is 1.22. The molecule has 0 aliphatic carbocycles. The molecule has 5 rings (SSSR count).